The van der Waals surface area contributed by atoms with E-state index in [0.717, 1.165) is 66.8 Å². The first kappa shape index (κ1) is 33.0. The summed E-state index contributed by atoms with van der Waals surface area (Å²) in [7, 11) is 0. The fraction of sp³-hybridized carbons (Fsp3) is 0. The fourth-order valence-corrected chi connectivity index (χ4v) is 7.39. The van der Waals surface area contributed by atoms with Gasteiger partial charge in [0.15, 0.2) is 17.5 Å². The first-order valence-electron chi connectivity index (χ1n) is 18.7. The monoisotopic (exact) mass is 718 g/mol. The minimum absolute atomic E-state index is 0.612. The molecule has 0 bridgehead atoms. The van der Waals surface area contributed by atoms with Crippen LogP contribution in [0.1, 0.15) is 0 Å². The Hall–Kier alpha value is -7.63. The molecule has 0 fully saturated rings. The maximum Gasteiger partial charge on any atom is 0.164 e. The van der Waals surface area contributed by atoms with Gasteiger partial charge in [-0.1, -0.05) is 152 Å². The van der Waals surface area contributed by atoms with E-state index in [1.54, 1.807) is 0 Å². The van der Waals surface area contributed by atoms with Crippen LogP contribution >= 0.6 is 0 Å². The minimum atomic E-state index is 0.612. The Labute approximate surface area is 324 Å². The molecule has 10 aromatic rings. The first-order valence-corrected chi connectivity index (χ1v) is 18.7. The smallest absolute Gasteiger partial charge is 0.164 e. The molecule has 0 saturated heterocycles. The molecule has 0 saturated carbocycles. The SMILES string of the molecule is c1ccc(-c2ccc(N(c3ccccc3)c3ccc4c(c3)oc3cc(-c5ccccc5-c5nc(-c6ccccc6)nc(-c6ccccc6)n5)ccc34)cc2)cc1. The van der Waals surface area contributed by atoms with Crippen molar-refractivity contribution in [3.8, 4) is 56.4 Å². The molecule has 0 aliphatic heterocycles. The lowest BCUT2D eigenvalue weighted by Gasteiger charge is -2.25. The molecule has 0 N–H and O–H groups in total. The van der Waals surface area contributed by atoms with Gasteiger partial charge in [0.05, 0.1) is 0 Å². The number of anilines is 3. The number of rotatable bonds is 8. The van der Waals surface area contributed by atoms with E-state index < -0.39 is 0 Å². The Morgan fingerprint density at radius 2 is 0.732 bits per heavy atom. The molecule has 2 heterocycles. The molecular formula is C51H34N4O. The van der Waals surface area contributed by atoms with E-state index in [1.165, 1.54) is 11.1 Å². The van der Waals surface area contributed by atoms with Crippen molar-refractivity contribution < 1.29 is 4.42 Å². The van der Waals surface area contributed by atoms with Gasteiger partial charge < -0.3 is 9.32 Å². The number of benzene rings is 8. The van der Waals surface area contributed by atoms with E-state index in [4.69, 9.17) is 19.4 Å². The predicted octanol–water partition coefficient (Wildman–Crippen LogP) is 13.6. The summed E-state index contributed by atoms with van der Waals surface area (Å²) in [5, 5.41) is 2.12. The summed E-state index contributed by atoms with van der Waals surface area (Å²) in [6.45, 7) is 0. The summed E-state index contributed by atoms with van der Waals surface area (Å²) >= 11 is 0. The molecule has 8 aromatic carbocycles. The minimum Gasteiger partial charge on any atom is -0.456 e. The number of hydrogen-bond acceptors (Lipinski definition) is 5. The largest absolute Gasteiger partial charge is 0.456 e. The van der Waals surface area contributed by atoms with E-state index in [1.807, 2.05) is 78.9 Å². The number of furan rings is 1. The van der Waals surface area contributed by atoms with Crippen molar-refractivity contribution in [1.29, 1.82) is 0 Å². The van der Waals surface area contributed by atoms with Crippen LogP contribution in [-0.4, -0.2) is 15.0 Å². The summed E-state index contributed by atoms with van der Waals surface area (Å²) in [5.41, 5.74) is 12.0. The third-order valence-corrected chi connectivity index (χ3v) is 10.1. The van der Waals surface area contributed by atoms with Crippen LogP contribution in [0.15, 0.2) is 211 Å². The molecule has 0 unspecified atom stereocenters. The van der Waals surface area contributed by atoms with E-state index in [2.05, 4.69) is 132 Å². The third-order valence-electron chi connectivity index (χ3n) is 10.1. The maximum absolute atomic E-state index is 6.69. The lowest BCUT2D eigenvalue weighted by Crippen LogP contribution is -2.09. The normalized spacial score (nSPS) is 11.2. The molecule has 0 amide bonds. The van der Waals surface area contributed by atoms with Gasteiger partial charge in [-0.15, -0.1) is 0 Å². The van der Waals surface area contributed by atoms with Crippen LogP contribution in [0.5, 0.6) is 0 Å². The van der Waals surface area contributed by atoms with Crippen LogP contribution in [0.3, 0.4) is 0 Å². The first-order chi connectivity index (χ1) is 27.7. The van der Waals surface area contributed by atoms with Gasteiger partial charge >= 0.3 is 0 Å². The van der Waals surface area contributed by atoms with Crippen molar-refractivity contribution in [3.05, 3.63) is 206 Å². The molecule has 0 aliphatic carbocycles. The Kier molecular flexibility index (Phi) is 8.43. The van der Waals surface area contributed by atoms with E-state index in [0.29, 0.717) is 17.5 Å². The van der Waals surface area contributed by atoms with Gasteiger partial charge in [0.25, 0.3) is 0 Å². The molecule has 264 valence electrons. The second-order valence-electron chi connectivity index (χ2n) is 13.7. The molecule has 2 aromatic heterocycles. The van der Waals surface area contributed by atoms with Gasteiger partial charge in [0.2, 0.25) is 0 Å². The van der Waals surface area contributed by atoms with Gasteiger partial charge in [-0.05, 0) is 70.8 Å². The van der Waals surface area contributed by atoms with Gasteiger partial charge in [0.1, 0.15) is 11.2 Å². The van der Waals surface area contributed by atoms with Gasteiger partial charge in [-0.2, -0.15) is 0 Å². The molecule has 0 atom stereocenters. The predicted molar refractivity (Wildman–Crippen MR) is 229 cm³/mol. The molecule has 0 radical (unpaired) electrons. The summed E-state index contributed by atoms with van der Waals surface area (Å²) in [6, 6.07) is 71.0. The summed E-state index contributed by atoms with van der Waals surface area (Å²) < 4.78 is 6.69. The van der Waals surface area contributed by atoms with Gasteiger partial charge in [-0.25, -0.2) is 15.0 Å². The lowest BCUT2D eigenvalue weighted by atomic mass is 9.98. The molecule has 5 nitrogen and oxygen atoms in total. The standard InChI is InChI=1S/C51H34N4O/c1-5-15-35(16-6-1)36-25-28-41(29-26-36)55(40-21-11-4-12-22-40)42-30-32-45-44-31-27-39(33-47(44)56-48(45)34-42)43-23-13-14-24-46(43)51-53-49(37-17-7-2-8-18-37)52-50(54-51)38-19-9-3-10-20-38/h1-34H. The van der Waals surface area contributed by atoms with E-state index >= 15 is 0 Å². The van der Waals surface area contributed by atoms with Crippen LogP contribution in [0, 0.1) is 0 Å². The Morgan fingerprint density at radius 3 is 1.36 bits per heavy atom. The number of fused-ring (bicyclic) bond motifs is 3. The van der Waals surface area contributed by atoms with Crippen molar-refractivity contribution in [2.75, 3.05) is 4.90 Å². The summed E-state index contributed by atoms with van der Waals surface area (Å²) in [6.07, 6.45) is 0. The van der Waals surface area contributed by atoms with Crippen molar-refractivity contribution in [1.82, 2.24) is 15.0 Å². The Balaban J connectivity index is 1.05. The average molecular weight is 719 g/mol. The highest BCUT2D eigenvalue weighted by Gasteiger charge is 2.18. The zero-order valence-corrected chi connectivity index (χ0v) is 30.3. The van der Waals surface area contributed by atoms with Crippen molar-refractivity contribution in [2.45, 2.75) is 0 Å². The molecule has 5 heteroatoms. The number of hydrogen-bond donors (Lipinski definition) is 0. The van der Waals surface area contributed by atoms with E-state index in [-0.39, 0.29) is 0 Å². The highest BCUT2D eigenvalue weighted by atomic mass is 16.3. The maximum atomic E-state index is 6.69. The molecule has 0 spiro atoms. The third kappa shape index (κ3) is 6.27. The van der Waals surface area contributed by atoms with Crippen LogP contribution in [0.4, 0.5) is 17.1 Å². The van der Waals surface area contributed by atoms with Crippen molar-refractivity contribution in [3.63, 3.8) is 0 Å². The Morgan fingerprint density at radius 1 is 0.304 bits per heavy atom. The lowest BCUT2D eigenvalue weighted by molar-refractivity contribution is 0.669. The summed E-state index contributed by atoms with van der Waals surface area (Å²) in [4.78, 5) is 17.2. The van der Waals surface area contributed by atoms with Crippen LogP contribution < -0.4 is 4.90 Å². The zero-order valence-electron chi connectivity index (χ0n) is 30.3. The molecular weight excluding hydrogens is 685 g/mol. The number of aromatic nitrogens is 3. The second-order valence-corrected chi connectivity index (χ2v) is 13.7. The van der Waals surface area contributed by atoms with Crippen LogP contribution in [0.25, 0.3) is 78.4 Å². The van der Waals surface area contributed by atoms with Gasteiger partial charge in [0, 0.05) is 50.6 Å². The Bertz CT molecular complexity index is 2890. The zero-order chi connectivity index (χ0) is 37.3. The highest BCUT2D eigenvalue weighted by Crippen LogP contribution is 2.41. The molecule has 56 heavy (non-hydrogen) atoms. The summed E-state index contributed by atoms with van der Waals surface area (Å²) in [5.74, 6) is 1.87. The molecule has 0 aliphatic rings. The van der Waals surface area contributed by atoms with Gasteiger partial charge in [-0.3, -0.25) is 0 Å². The van der Waals surface area contributed by atoms with Crippen molar-refractivity contribution in [2.24, 2.45) is 0 Å². The highest BCUT2D eigenvalue weighted by molar-refractivity contribution is 6.07. The molecule has 10 rings (SSSR count). The quantitative estimate of drug-likeness (QED) is 0.157. The van der Waals surface area contributed by atoms with E-state index in [9.17, 15) is 0 Å². The topological polar surface area (TPSA) is 55.1 Å². The van der Waals surface area contributed by atoms with Crippen molar-refractivity contribution >= 4 is 39.0 Å². The van der Waals surface area contributed by atoms with Crippen LogP contribution in [0.2, 0.25) is 0 Å². The number of nitrogens with zero attached hydrogens (tertiary/aromatic N) is 4. The average Bonchev–Trinajstić information content (AvgIpc) is 3.65. The fourth-order valence-electron chi connectivity index (χ4n) is 7.39. The number of para-hydroxylation sites is 1. The van der Waals surface area contributed by atoms with Crippen LogP contribution in [-0.2, 0) is 0 Å². The second kappa shape index (κ2) is 14.3.